The normalized spacial score (nSPS) is 21.2. The highest BCUT2D eigenvalue weighted by molar-refractivity contribution is 5.72. The van der Waals surface area contributed by atoms with Crippen molar-refractivity contribution in [2.75, 3.05) is 0 Å². The summed E-state index contributed by atoms with van der Waals surface area (Å²) < 4.78 is 0. The quantitative estimate of drug-likeness (QED) is 0.212. The van der Waals surface area contributed by atoms with Crippen molar-refractivity contribution < 1.29 is 45.6 Å². The van der Waals surface area contributed by atoms with Crippen molar-refractivity contribution in [1.29, 1.82) is 0 Å². The molecule has 9 nitrogen and oxygen atoms in total. The zero-order valence-corrected chi connectivity index (χ0v) is 7.95. The van der Waals surface area contributed by atoms with Crippen LogP contribution in [0.2, 0.25) is 0 Å². The first-order valence-electron chi connectivity index (χ1n) is 4.19. The van der Waals surface area contributed by atoms with Gasteiger partial charge in [-0.05, 0) is 0 Å². The van der Waals surface area contributed by atoms with Gasteiger partial charge in [0.25, 0.3) is 0 Å². The van der Waals surface area contributed by atoms with Gasteiger partial charge in [-0.2, -0.15) is 0 Å². The van der Waals surface area contributed by atoms with Gasteiger partial charge in [0.15, 0.2) is 12.4 Å². The molecule has 0 aromatic rings. The molecule has 16 heavy (non-hydrogen) atoms. The fraction of sp³-hybridized carbons (Fsp3) is 0.857. The van der Waals surface area contributed by atoms with E-state index in [1.807, 2.05) is 0 Å². The monoisotopic (exact) mass is 242 g/mol. The molecule has 9 heteroatoms. The maximum absolute atomic E-state index is 10.2. The molecule has 0 aromatic carbocycles. The Bertz CT molecular complexity index is 230. The number of aliphatic hydroxyl groups excluding tert-OH is 6. The van der Waals surface area contributed by atoms with Crippen LogP contribution in [0.5, 0.6) is 0 Å². The Morgan fingerprint density at radius 3 is 1.38 bits per heavy atom. The van der Waals surface area contributed by atoms with Crippen LogP contribution in [-0.2, 0) is 4.79 Å². The average molecular weight is 242 g/mol. The molecule has 8 N–H and O–H groups in total. The van der Waals surface area contributed by atoms with Crippen LogP contribution in [0.15, 0.2) is 0 Å². The van der Waals surface area contributed by atoms with Crippen molar-refractivity contribution in [2.24, 2.45) is 0 Å². The van der Waals surface area contributed by atoms with Gasteiger partial charge in [-0.1, -0.05) is 0 Å². The summed E-state index contributed by atoms with van der Waals surface area (Å²) >= 11 is 0. The van der Waals surface area contributed by atoms with Crippen LogP contribution in [0.25, 0.3) is 0 Å². The lowest BCUT2D eigenvalue weighted by Gasteiger charge is -2.28. The van der Waals surface area contributed by atoms with Gasteiger partial charge < -0.3 is 40.9 Å². The maximum atomic E-state index is 10.2. The molecule has 0 amide bonds. The summed E-state index contributed by atoms with van der Waals surface area (Å²) in [7, 11) is 0. The van der Waals surface area contributed by atoms with Gasteiger partial charge in [0.2, 0.25) is 0 Å². The van der Waals surface area contributed by atoms with Crippen LogP contribution < -0.4 is 0 Å². The number of carbonyl (C=O) groups is 1. The van der Waals surface area contributed by atoms with Crippen molar-refractivity contribution in [2.45, 2.75) is 36.8 Å². The summed E-state index contributed by atoms with van der Waals surface area (Å²) in [6.07, 6.45) is -13.8. The van der Waals surface area contributed by atoms with Crippen LogP contribution in [0, 0.1) is 0 Å². The molecule has 5 atom stereocenters. The van der Waals surface area contributed by atoms with E-state index in [0.717, 1.165) is 0 Å². The molecule has 0 aliphatic carbocycles. The molecule has 5 unspecified atom stereocenters. The molecule has 0 heterocycles. The van der Waals surface area contributed by atoms with E-state index in [1.165, 1.54) is 0 Å². The van der Waals surface area contributed by atoms with Crippen molar-refractivity contribution in [3.8, 4) is 0 Å². The fourth-order valence-electron chi connectivity index (χ4n) is 0.913. The summed E-state index contributed by atoms with van der Waals surface area (Å²) in [5.74, 6) is -1.85. The molecule has 0 bridgehead atoms. The Kier molecular flexibility index (Phi) is 5.75. The lowest BCUT2D eigenvalue weighted by Crippen LogP contribution is -2.53. The number of rotatable bonds is 6. The second kappa shape index (κ2) is 6.06. The first-order chi connectivity index (χ1) is 7.20. The molecular weight excluding hydrogens is 228 g/mol. The molecule has 0 rings (SSSR count). The van der Waals surface area contributed by atoms with Gasteiger partial charge in [-0.3, -0.25) is 0 Å². The van der Waals surface area contributed by atoms with E-state index in [0.29, 0.717) is 0 Å². The highest BCUT2D eigenvalue weighted by Gasteiger charge is 2.38. The number of hydrogen-bond donors (Lipinski definition) is 8. The lowest BCUT2D eigenvalue weighted by molar-refractivity contribution is -0.199. The van der Waals surface area contributed by atoms with E-state index in [1.54, 1.807) is 0 Å². The molecule has 0 saturated heterocycles. The maximum Gasteiger partial charge on any atom is 0.335 e. The molecule has 0 aliphatic heterocycles. The lowest BCUT2D eigenvalue weighted by atomic mass is 9.99. The molecular formula is C7H14O9. The molecule has 0 spiro atoms. The third-order valence-corrected chi connectivity index (χ3v) is 1.93. The average Bonchev–Trinajstić information content (AvgIpc) is 2.23. The van der Waals surface area contributed by atoms with E-state index in [4.69, 9.17) is 40.9 Å². The number of aliphatic hydroxyl groups is 7. The van der Waals surface area contributed by atoms with E-state index >= 15 is 0 Å². The Balaban J connectivity index is 4.54. The standard InChI is InChI=1S/C7H14O9/c8-1(2(9)4(11)6(13)14)3(10)5(12)7(15)16/h1-6,8-14H,(H,15,16). The van der Waals surface area contributed by atoms with E-state index in [9.17, 15) is 4.79 Å². The zero-order valence-electron chi connectivity index (χ0n) is 7.95. The minimum absolute atomic E-state index is 1.85. The van der Waals surface area contributed by atoms with Crippen LogP contribution in [0.3, 0.4) is 0 Å². The number of carboxylic acid groups (broad SMARTS) is 1. The number of aliphatic carboxylic acids is 1. The third-order valence-electron chi connectivity index (χ3n) is 1.93. The van der Waals surface area contributed by atoms with Gasteiger partial charge in [0.05, 0.1) is 0 Å². The van der Waals surface area contributed by atoms with Crippen LogP contribution in [0.4, 0.5) is 0 Å². The molecule has 0 aliphatic rings. The highest BCUT2D eigenvalue weighted by Crippen LogP contribution is 2.10. The Labute approximate surface area is 89.4 Å². The number of carboxylic acids is 1. The second-order valence-electron chi connectivity index (χ2n) is 3.16. The first kappa shape index (κ1) is 15.2. The van der Waals surface area contributed by atoms with Crippen LogP contribution in [0.1, 0.15) is 0 Å². The predicted molar refractivity (Wildman–Crippen MR) is 45.9 cm³/mol. The second-order valence-corrected chi connectivity index (χ2v) is 3.16. The Morgan fingerprint density at radius 2 is 1.06 bits per heavy atom. The molecule has 0 radical (unpaired) electrons. The highest BCUT2D eigenvalue weighted by atomic mass is 16.5. The van der Waals surface area contributed by atoms with E-state index in [2.05, 4.69) is 0 Å². The van der Waals surface area contributed by atoms with E-state index < -0.39 is 42.8 Å². The van der Waals surface area contributed by atoms with Gasteiger partial charge in [-0.15, -0.1) is 0 Å². The fourth-order valence-corrected chi connectivity index (χ4v) is 0.913. The summed E-state index contributed by atoms with van der Waals surface area (Å²) in [6, 6.07) is 0. The van der Waals surface area contributed by atoms with Crippen molar-refractivity contribution >= 4 is 5.97 Å². The molecule has 0 aromatic heterocycles. The molecule has 0 saturated carbocycles. The summed E-state index contributed by atoms with van der Waals surface area (Å²) in [6.45, 7) is 0. The Hall–Kier alpha value is -0.810. The van der Waals surface area contributed by atoms with Crippen molar-refractivity contribution in [1.82, 2.24) is 0 Å². The minimum atomic E-state index is -2.39. The van der Waals surface area contributed by atoms with Gasteiger partial charge in [0, 0.05) is 0 Å². The van der Waals surface area contributed by atoms with Crippen molar-refractivity contribution in [3.63, 3.8) is 0 Å². The summed E-state index contributed by atoms with van der Waals surface area (Å²) in [4.78, 5) is 10.2. The third kappa shape index (κ3) is 3.64. The first-order valence-corrected chi connectivity index (χ1v) is 4.19. The van der Waals surface area contributed by atoms with Crippen LogP contribution in [-0.4, -0.2) is 83.6 Å². The molecule has 0 fully saturated rings. The van der Waals surface area contributed by atoms with Gasteiger partial charge >= 0.3 is 5.97 Å². The van der Waals surface area contributed by atoms with Crippen LogP contribution >= 0.6 is 0 Å². The van der Waals surface area contributed by atoms with Gasteiger partial charge in [-0.25, -0.2) is 4.79 Å². The summed E-state index contributed by atoms with van der Waals surface area (Å²) in [5.41, 5.74) is 0. The minimum Gasteiger partial charge on any atom is -0.479 e. The summed E-state index contributed by atoms with van der Waals surface area (Å²) in [5, 5.41) is 70.1. The zero-order chi connectivity index (χ0) is 13.0. The Morgan fingerprint density at radius 1 is 0.688 bits per heavy atom. The van der Waals surface area contributed by atoms with Crippen molar-refractivity contribution in [3.05, 3.63) is 0 Å². The predicted octanol–water partition coefficient (Wildman–Crippen LogP) is -4.81. The smallest absolute Gasteiger partial charge is 0.335 e. The largest absolute Gasteiger partial charge is 0.479 e. The van der Waals surface area contributed by atoms with Gasteiger partial charge in [0.1, 0.15) is 24.4 Å². The van der Waals surface area contributed by atoms with E-state index in [-0.39, 0.29) is 0 Å². The molecule has 96 valence electrons. The topological polar surface area (TPSA) is 179 Å². The number of hydrogen-bond acceptors (Lipinski definition) is 8. The SMILES string of the molecule is O=C(O)C(O)C(O)C(O)C(O)C(O)C(O)O.